The zero-order valence-corrected chi connectivity index (χ0v) is 32.7. The second-order valence-electron chi connectivity index (χ2n) is 13.1. The predicted octanol–water partition coefficient (Wildman–Crippen LogP) is 10.9. The molecule has 0 aromatic heterocycles. The normalized spacial score (nSPS) is 10.6. The molecule has 0 aliphatic carbocycles. The number of esters is 2. The van der Waals surface area contributed by atoms with Crippen LogP contribution in [0.25, 0.3) is 0 Å². The molecule has 5 aromatic rings. The summed E-state index contributed by atoms with van der Waals surface area (Å²) in [4.78, 5) is 26.1. The van der Waals surface area contributed by atoms with Gasteiger partial charge in [-0.2, -0.15) is 0 Å². The van der Waals surface area contributed by atoms with Crippen LogP contribution < -0.4 is 9.47 Å². The Morgan fingerprint density at radius 2 is 0.758 bits per heavy atom. The van der Waals surface area contributed by atoms with Gasteiger partial charge in [0, 0.05) is 23.3 Å². The van der Waals surface area contributed by atoms with E-state index in [2.05, 4.69) is 23.7 Å². The molecule has 6 nitrogen and oxygen atoms in total. The third kappa shape index (κ3) is 10.5. The van der Waals surface area contributed by atoms with E-state index < -0.39 is 94.5 Å². The third-order valence-electron chi connectivity index (χ3n) is 8.85. The highest BCUT2D eigenvalue weighted by molar-refractivity contribution is 5.93. The summed E-state index contributed by atoms with van der Waals surface area (Å²) in [7, 11) is 0. The highest BCUT2D eigenvalue weighted by Gasteiger charge is 2.28. The topological polar surface area (TPSA) is 71.1 Å². The fourth-order valence-electron chi connectivity index (χ4n) is 5.44. The standard InChI is InChI=1S/C46H32F10O6/c1-3-5-19-59-33-21-28(18-16-26-12-8-10-14-30(26)46(58)62-24-32-37(49)41(53)44(56)42(54)38(32)50)34(60-20-6-4-2)22-27(33)17-15-25-11-7-9-13-29(25)45(57)61-23-31-35(47)39(51)43(55)40(52)36(31)48/h7-14,21-22H,3-6,19-20,23-24H2,1-2H3. The van der Waals surface area contributed by atoms with Gasteiger partial charge in [-0.15, -0.1) is 0 Å². The van der Waals surface area contributed by atoms with E-state index >= 15 is 0 Å². The zero-order valence-electron chi connectivity index (χ0n) is 32.7. The summed E-state index contributed by atoms with van der Waals surface area (Å²) >= 11 is 0. The Bertz CT molecular complexity index is 2400. The summed E-state index contributed by atoms with van der Waals surface area (Å²) in [6.07, 6.45) is 2.76. The van der Waals surface area contributed by atoms with Crippen LogP contribution in [0.1, 0.15) is 93.6 Å². The molecule has 0 atom stereocenters. The van der Waals surface area contributed by atoms with Crippen LogP contribution >= 0.6 is 0 Å². The van der Waals surface area contributed by atoms with Crippen LogP contribution in [0.15, 0.2) is 60.7 Å². The van der Waals surface area contributed by atoms with Crippen LogP contribution in [0, 0.1) is 81.9 Å². The maximum Gasteiger partial charge on any atom is 0.339 e. The first kappa shape index (κ1) is 46.1. The molecule has 0 aliphatic rings. The van der Waals surface area contributed by atoms with E-state index in [1.165, 1.54) is 60.7 Å². The largest absolute Gasteiger partial charge is 0.492 e. The first-order valence-electron chi connectivity index (χ1n) is 18.7. The van der Waals surface area contributed by atoms with Crippen LogP contribution in [-0.2, 0) is 22.7 Å². The molecule has 5 aromatic carbocycles. The molecule has 0 radical (unpaired) electrons. The maximum atomic E-state index is 14.2. The van der Waals surface area contributed by atoms with Crippen LogP contribution in [0.5, 0.6) is 11.5 Å². The summed E-state index contributed by atoms with van der Waals surface area (Å²) in [5, 5.41) is 0. The SMILES string of the molecule is CCCCOc1cc(C#Cc2ccccc2C(=O)OCc2c(F)c(F)c(F)c(F)c2F)c(OCCCC)cc1C#Cc1ccccc1C(=O)OCc1c(F)c(F)c(F)c(F)c1F. The minimum absolute atomic E-state index is 0.0513. The Labute approximate surface area is 348 Å². The summed E-state index contributed by atoms with van der Waals surface area (Å²) in [6.45, 7) is 1.75. The van der Waals surface area contributed by atoms with E-state index in [-0.39, 0.29) is 58.1 Å². The second-order valence-corrected chi connectivity index (χ2v) is 13.1. The van der Waals surface area contributed by atoms with Gasteiger partial charge in [-0.3, -0.25) is 0 Å². The van der Waals surface area contributed by atoms with Gasteiger partial charge in [0.25, 0.3) is 0 Å². The van der Waals surface area contributed by atoms with Gasteiger partial charge in [0.2, 0.25) is 11.6 Å². The van der Waals surface area contributed by atoms with Crippen molar-refractivity contribution in [1.82, 2.24) is 0 Å². The molecular formula is C46H32F10O6. The minimum atomic E-state index is -2.36. The Hall–Kier alpha value is -6.94. The lowest BCUT2D eigenvalue weighted by Crippen LogP contribution is -2.12. The molecule has 0 saturated heterocycles. The van der Waals surface area contributed by atoms with Crippen molar-refractivity contribution in [3.8, 4) is 35.2 Å². The molecule has 0 saturated carbocycles. The van der Waals surface area contributed by atoms with Gasteiger partial charge in [0.15, 0.2) is 46.5 Å². The average Bonchev–Trinajstić information content (AvgIpc) is 3.28. The number of hydrogen-bond acceptors (Lipinski definition) is 6. The molecule has 322 valence electrons. The molecule has 0 unspecified atom stereocenters. The summed E-state index contributed by atoms with van der Waals surface area (Å²) in [6, 6.07) is 14.3. The van der Waals surface area contributed by atoms with E-state index in [1.54, 1.807) is 0 Å². The third-order valence-corrected chi connectivity index (χ3v) is 8.85. The summed E-state index contributed by atoms with van der Waals surface area (Å²) < 4.78 is 161. The lowest BCUT2D eigenvalue weighted by atomic mass is 10.0. The molecule has 0 fully saturated rings. The lowest BCUT2D eigenvalue weighted by molar-refractivity contribution is 0.0452. The zero-order chi connectivity index (χ0) is 45.1. The van der Waals surface area contributed by atoms with Gasteiger partial charge in [0.05, 0.1) is 46.6 Å². The number of halogens is 10. The molecule has 0 spiro atoms. The van der Waals surface area contributed by atoms with Crippen LogP contribution in [0.2, 0.25) is 0 Å². The van der Waals surface area contributed by atoms with E-state index in [1.807, 2.05) is 13.8 Å². The quantitative estimate of drug-likeness (QED) is 0.0276. The number of hydrogen-bond donors (Lipinski definition) is 0. The number of carbonyl (C=O) groups is 2. The summed E-state index contributed by atoms with van der Waals surface area (Å²) in [5.41, 5.74) is -2.50. The van der Waals surface area contributed by atoms with Crippen molar-refractivity contribution >= 4 is 11.9 Å². The highest BCUT2D eigenvalue weighted by Crippen LogP contribution is 2.30. The fourth-order valence-corrected chi connectivity index (χ4v) is 5.44. The van der Waals surface area contributed by atoms with Crippen molar-refractivity contribution in [2.45, 2.75) is 52.7 Å². The molecule has 0 aliphatic heterocycles. The monoisotopic (exact) mass is 870 g/mol. The minimum Gasteiger partial charge on any atom is -0.492 e. The first-order chi connectivity index (χ1) is 29.7. The number of ether oxygens (including phenoxy) is 4. The van der Waals surface area contributed by atoms with Crippen molar-refractivity contribution in [3.05, 3.63) is 163 Å². The number of benzene rings is 5. The van der Waals surface area contributed by atoms with Gasteiger partial charge < -0.3 is 18.9 Å². The smallest absolute Gasteiger partial charge is 0.339 e. The average molecular weight is 871 g/mol. The molecule has 16 heteroatoms. The van der Waals surface area contributed by atoms with Crippen molar-refractivity contribution < 1.29 is 72.4 Å². The van der Waals surface area contributed by atoms with Gasteiger partial charge >= 0.3 is 11.9 Å². The van der Waals surface area contributed by atoms with E-state index in [0.29, 0.717) is 12.8 Å². The van der Waals surface area contributed by atoms with E-state index in [4.69, 9.17) is 18.9 Å². The predicted molar refractivity (Wildman–Crippen MR) is 203 cm³/mol. The van der Waals surface area contributed by atoms with Crippen molar-refractivity contribution in [1.29, 1.82) is 0 Å². The fraction of sp³-hybridized carbons (Fsp3) is 0.217. The molecule has 0 N–H and O–H groups in total. The second kappa shape index (κ2) is 21.0. The van der Waals surface area contributed by atoms with Crippen LogP contribution in [-0.4, -0.2) is 25.2 Å². The van der Waals surface area contributed by atoms with Crippen molar-refractivity contribution in [2.24, 2.45) is 0 Å². The molecule has 0 amide bonds. The molecule has 5 rings (SSSR count). The highest BCUT2D eigenvalue weighted by atomic mass is 19.2. The van der Waals surface area contributed by atoms with E-state index in [0.717, 1.165) is 12.8 Å². The molecule has 62 heavy (non-hydrogen) atoms. The van der Waals surface area contributed by atoms with Gasteiger partial charge in [-0.25, -0.2) is 53.5 Å². The van der Waals surface area contributed by atoms with Crippen LogP contribution in [0.4, 0.5) is 43.9 Å². The Kier molecular flexibility index (Phi) is 15.7. The van der Waals surface area contributed by atoms with Crippen molar-refractivity contribution in [2.75, 3.05) is 13.2 Å². The van der Waals surface area contributed by atoms with Gasteiger partial charge in [0.1, 0.15) is 24.7 Å². The Balaban J connectivity index is 1.48. The van der Waals surface area contributed by atoms with Crippen LogP contribution in [0.3, 0.4) is 0 Å². The number of unbranched alkanes of at least 4 members (excludes halogenated alkanes) is 2. The number of carbonyl (C=O) groups excluding carboxylic acids is 2. The number of rotatable bonds is 14. The first-order valence-corrected chi connectivity index (χ1v) is 18.7. The summed E-state index contributed by atoms with van der Waals surface area (Å²) in [5.74, 6) is -12.6. The maximum absolute atomic E-state index is 14.2. The van der Waals surface area contributed by atoms with Gasteiger partial charge in [-0.05, 0) is 37.1 Å². The van der Waals surface area contributed by atoms with E-state index in [9.17, 15) is 53.5 Å². The Morgan fingerprint density at radius 1 is 0.452 bits per heavy atom. The molecular weight excluding hydrogens is 838 g/mol. The Morgan fingerprint density at radius 3 is 1.10 bits per heavy atom. The molecule has 0 heterocycles. The molecule has 0 bridgehead atoms. The lowest BCUT2D eigenvalue weighted by Gasteiger charge is -2.13. The van der Waals surface area contributed by atoms with Crippen molar-refractivity contribution in [3.63, 3.8) is 0 Å². The van der Waals surface area contributed by atoms with Gasteiger partial charge in [-0.1, -0.05) is 74.6 Å².